The summed E-state index contributed by atoms with van der Waals surface area (Å²) in [4.78, 5) is 0. The summed E-state index contributed by atoms with van der Waals surface area (Å²) in [5, 5.41) is 9.87. The van der Waals surface area contributed by atoms with Crippen molar-refractivity contribution in [3.8, 4) is 5.75 Å². The van der Waals surface area contributed by atoms with E-state index in [4.69, 9.17) is 4.74 Å². The quantitative estimate of drug-likeness (QED) is 0.815. The minimum atomic E-state index is -2.94. The molecule has 0 heterocycles. The number of rotatable bonds is 7. The predicted molar refractivity (Wildman–Crippen MR) is 71.6 cm³/mol. The number of hydrogen-bond acceptors (Lipinski definition) is 4. The normalized spacial score (nSPS) is 13.3. The van der Waals surface area contributed by atoms with Crippen molar-refractivity contribution in [2.45, 2.75) is 25.4 Å². The molecule has 102 valence electrons. The first-order valence-electron chi connectivity index (χ1n) is 5.90. The van der Waals surface area contributed by atoms with Gasteiger partial charge in [-0.1, -0.05) is 18.2 Å². The van der Waals surface area contributed by atoms with Crippen LogP contribution in [-0.2, 0) is 16.3 Å². The van der Waals surface area contributed by atoms with E-state index in [-0.39, 0.29) is 5.75 Å². The highest BCUT2D eigenvalue weighted by Gasteiger charge is 2.11. The third-order valence-electron chi connectivity index (χ3n) is 2.70. The standard InChI is InChI=1S/C13H20O4S/c1-17-13-8-4-3-6-11(13)10-12(14)7-5-9-18(2,15)16/h3-4,6,8,12,14H,5,7,9-10H2,1-2H3. The lowest BCUT2D eigenvalue weighted by atomic mass is 10.0. The van der Waals surface area contributed by atoms with Crippen LogP contribution in [0.5, 0.6) is 5.75 Å². The van der Waals surface area contributed by atoms with E-state index < -0.39 is 15.9 Å². The molecule has 1 N–H and O–H groups in total. The van der Waals surface area contributed by atoms with E-state index in [1.807, 2.05) is 24.3 Å². The van der Waals surface area contributed by atoms with Gasteiger partial charge in [-0.15, -0.1) is 0 Å². The highest BCUT2D eigenvalue weighted by molar-refractivity contribution is 7.90. The lowest BCUT2D eigenvalue weighted by molar-refractivity contribution is 0.163. The molecule has 0 saturated heterocycles. The third kappa shape index (κ3) is 5.51. The van der Waals surface area contributed by atoms with Crippen LogP contribution in [0.3, 0.4) is 0 Å². The first-order valence-corrected chi connectivity index (χ1v) is 7.96. The summed E-state index contributed by atoms with van der Waals surface area (Å²) in [5.41, 5.74) is 0.937. The van der Waals surface area contributed by atoms with Crippen LogP contribution >= 0.6 is 0 Å². The number of para-hydroxylation sites is 1. The lowest BCUT2D eigenvalue weighted by Gasteiger charge is -2.13. The molecule has 0 amide bonds. The molecule has 1 rings (SSSR count). The molecule has 4 nitrogen and oxygen atoms in total. The van der Waals surface area contributed by atoms with E-state index in [2.05, 4.69) is 0 Å². The van der Waals surface area contributed by atoms with E-state index in [1.54, 1.807) is 7.11 Å². The van der Waals surface area contributed by atoms with Gasteiger partial charge >= 0.3 is 0 Å². The fourth-order valence-corrected chi connectivity index (χ4v) is 2.50. The van der Waals surface area contributed by atoms with E-state index >= 15 is 0 Å². The Balaban J connectivity index is 2.47. The summed E-state index contributed by atoms with van der Waals surface area (Å²) >= 11 is 0. The van der Waals surface area contributed by atoms with Gasteiger partial charge in [0.2, 0.25) is 0 Å². The molecule has 0 aliphatic rings. The van der Waals surface area contributed by atoms with Crippen molar-refractivity contribution in [3.63, 3.8) is 0 Å². The Morgan fingerprint density at radius 2 is 2.00 bits per heavy atom. The summed E-state index contributed by atoms with van der Waals surface area (Å²) in [6.07, 6.45) is 2.11. The molecular formula is C13H20O4S. The van der Waals surface area contributed by atoms with Gasteiger partial charge in [0.05, 0.1) is 13.2 Å². The van der Waals surface area contributed by atoms with E-state index in [1.165, 1.54) is 6.26 Å². The SMILES string of the molecule is COc1ccccc1CC(O)CCCS(C)(=O)=O. The van der Waals surface area contributed by atoms with Crippen LogP contribution in [-0.4, -0.2) is 38.7 Å². The average molecular weight is 272 g/mol. The van der Waals surface area contributed by atoms with Crippen molar-refractivity contribution in [1.82, 2.24) is 0 Å². The molecule has 18 heavy (non-hydrogen) atoms. The molecular weight excluding hydrogens is 252 g/mol. The zero-order valence-corrected chi connectivity index (χ0v) is 11.6. The van der Waals surface area contributed by atoms with Gasteiger partial charge < -0.3 is 9.84 Å². The summed E-state index contributed by atoms with van der Waals surface area (Å²) in [6.45, 7) is 0. The van der Waals surface area contributed by atoms with Gasteiger partial charge in [0, 0.05) is 18.4 Å². The van der Waals surface area contributed by atoms with Crippen LogP contribution in [0.4, 0.5) is 0 Å². The minimum absolute atomic E-state index is 0.121. The van der Waals surface area contributed by atoms with Gasteiger partial charge in [0.25, 0.3) is 0 Å². The molecule has 1 aromatic carbocycles. The molecule has 0 saturated carbocycles. The number of aliphatic hydroxyl groups is 1. The van der Waals surface area contributed by atoms with Gasteiger partial charge in [-0.3, -0.25) is 0 Å². The monoisotopic (exact) mass is 272 g/mol. The molecule has 0 aliphatic carbocycles. The van der Waals surface area contributed by atoms with Gasteiger partial charge in [-0.25, -0.2) is 8.42 Å². The van der Waals surface area contributed by atoms with Crippen molar-refractivity contribution in [2.24, 2.45) is 0 Å². The summed E-state index contributed by atoms with van der Waals surface area (Å²) in [5.74, 6) is 0.871. The van der Waals surface area contributed by atoms with Crippen LogP contribution in [0.1, 0.15) is 18.4 Å². The Morgan fingerprint density at radius 3 is 2.61 bits per heavy atom. The van der Waals surface area contributed by atoms with Crippen molar-refractivity contribution in [2.75, 3.05) is 19.1 Å². The van der Waals surface area contributed by atoms with Crippen LogP contribution in [0.2, 0.25) is 0 Å². The predicted octanol–water partition coefficient (Wildman–Crippen LogP) is 1.42. The molecule has 0 spiro atoms. The number of aliphatic hydroxyl groups excluding tert-OH is 1. The highest BCUT2D eigenvalue weighted by atomic mass is 32.2. The van der Waals surface area contributed by atoms with Crippen LogP contribution in [0.15, 0.2) is 24.3 Å². The first kappa shape index (κ1) is 15.0. The maximum atomic E-state index is 11.0. The molecule has 0 aliphatic heterocycles. The summed E-state index contributed by atoms with van der Waals surface area (Å²) < 4.78 is 27.1. The maximum Gasteiger partial charge on any atom is 0.147 e. The van der Waals surface area contributed by atoms with Gasteiger partial charge in [-0.05, 0) is 24.5 Å². The molecule has 5 heteroatoms. The van der Waals surface area contributed by atoms with Gasteiger partial charge in [0.15, 0.2) is 0 Å². The van der Waals surface area contributed by atoms with Crippen LogP contribution < -0.4 is 4.74 Å². The third-order valence-corrected chi connectivity index (χ3v) is 3.73. The van der Waals surface area contributed by atoms with E-state index in [0.29, 0.717) is 19.3 Å². The topological polar surface area (TPSA) is 63.6 Å². The van der Waals surface area contributed by atoms with Crippen molar-refractivity contribution < 1.29 is 18.3 Å². The largest absolute Gasteiger partial charge is 0.496 e. The fourth-order valence-electron chi connectivity index (χ4n) is 1.81. The molecule has 1 atom stereocenters. The number of methoxy groups -OCH3 is 1. The Morgan fingerprint density at radius 1 is 1.33 bits per heavy atom. The molecule has 0 radical (unpaired) electrons. The molecule has 0 aromatic heterocycles. The Hall–Kier alpha value is -1.07. The molecule has 0 fully saturated rings. The second-order valence-electron chi connectivity index (χ2n) is 4.44. The minimum Gasteiger partial charge on any atom is -0.496 e. The summed E-state index contributed by atoms with van der Waals surface area (Å²) in [6, 6.07) is 7.51. The zero-order valence-electron chi connectivity index (χ0n) is 10.8. The van der Waals surface area contributed by atoms with Gasteiger partial charge in [-0.2, -0.15) is 0 Å². The average Bonchev–Trinajstić information content (AvgIpc) is 2.28. The molecule has 0 bridgehead atoms. The number of benzene rings is 1. The highest BCUT2D eigenvalue weighted by Crippen LogP contribution is 2.20. The number of hydrogen-bond donors (Lipinski definition) is 1. The Labute approximate surface area is 109 Å². The molecule has 1 unspecified atom stereocenters. The lowest BCUT2D eigenvalue weighted by Crippen LogP contribution is -2.13. The fraction of sp³-hybridized carbons (Fsp3) is 0.538. The van der Waals surface area contributed by atoms with E-state index in [9.17, 15) is 13.5 Å². The number of ether oxygens (including phenoxy) is 1. The summed E-state index contributed by atoms with van der Waals surface area (Å²) in [7, 11) is -1.35. The van der Waals surface area contributed by atoms with Crippen molar-refractivity contribution in [1.29, 1.82) is 0 Å². The Kier molecular flexibility index (Phi) is 5.62. The molecule has 1 aromatic rings. The zero-order chi connectivity index (χ0) is 13.6. The van der Waals surface area contributed by atoms with Crippen molar-refractivity contribution >= 4 is 9.84 Å². The first-order chi connectivity index (χ1) is 8.42. The number of sulfone groups is 1. The smallest absolute Gasteiger partial charge is 0.147 e. The second-order valence-corrected chi connectivity index (χ2v) is 6.70. The van der Waals surface area contributed by atoms with E-state index in [0.717, 1.165) is 11.3 Å². The van der Waals surface area contributed by atoms with Crippen LogP contribution in [0.25, 0.3) is 0 Å². The maximum absolute atomic E-state index is 11.0. The second kappa shape index (κ2) is 6.75. The van der Waals surface area contributed by atoms with Crippen LogP contribution in [0, 0.1) is 0 Å². The Bertz CT molecular complexity index is 468. The van der Waals surface area contributed by atoms with Gasteiger partial charge in [0.1, 0.15) is 15.6 Å². The van der Waals surface area contributed by atoms with Crippen molar-refractivity contribution in [3.05, 3.63) is 29.8 Å².